The van der Waals surface area contributed by atoms with Gasteiger partial charge in [0.1, 0.15) is 12.2 Å². The summed E-state index contributed by atoms with van der Waals surface area (Å²) in [6.45, 7) is 6.34. The van der Waals surface area contributed by atoms with Crippen molar-refractivity contribution in [1.29, 1.82) is 0 Å². The number of carbonyl (C=O) groups excluding carboxylic acids is 1. The fraction of sp³-hybridized carbons (Fsp3) is 0.933. The molecular formula is C15H22O4. The number of hydrogen-bond acceptors (Lipinski definition) is 4. The van der Waals surface area contributed by atoms with Crippen LogP contribution in [0.5, 0.6) is 0 Å². The zero-order chi connectivity index (χ0) is 13.4. The highest BCUT2D eigenvalue weighted by molar-refractivity contribution is 5.75. The van der Waals surface area contributed by atoms with Crippen molar-refractivity contribution in [3.05, 3.63) is 0 Å². The molecule has 1 aliphatic carbocycles. The van der Waals surface area contributed by atoms with Gasteiger partial charge in [-0.05, 0) is 39.5 Å². The Hall–Kier alpha value is -0.610. The molecular weight excluding hydrogens is 244 g/mol. The highest BCUT2D eigenvalue weighted by atomic mass is 16.6. The van der Waals surface area contributed by atoms with Crippen LogP contribution in [0.15, 0.2) is 0 Å². The van der Waals surface area contributed by atoms with Crippen LogP contribution in [0.3, 0.4) is 0 Å². The van der Waals surface area contributed by atoms with Gasteiger partial charge in [-0.15, -0.1) is 0 Å². The van der Waals surface area contributed by atoms with E-state index in [1.54, 1.807) is 0 Å². The molecule has 1 saturated carbocycles. The molecule has 3 saturated heterocycles. The van der Waals surface area contributed by atoms with Gasteiger partial charge in [-0.1, -0.05) is 6.92 Å². The monoisotopic (exact) mass is 266 g/mol. The Balaban J connectivity index is 1.60. The lowest BCUT2D eigenvalue weighted by Gasteiger charge is -2.21. The van der Waals surface area contributed by atoms with Crippen LogP contribution < -0.4 is 0 Å². The van der Waals surface area contributed by atoms with Gasteiger partial charge in [-0.3, -0.25) is 4.79 Å². The molecule has 0 N–H and O–H groups in total. The Morgan fingerprint density at radius 2 is 1.84 bits per heavy atom. The summed E-state index contributed by atoms with van der Waals surface area (Å²) in [5, 5.41) is 0. The second kappa shape index (κ2) is 3.53. The number of esters is 1. The second-order valence-electron chi connectivity index (χ2n) is 7.20. The summed E-state index contributed by atoms with van der Waals surface area (Å²) in [5.74, 6) is 0.239. The zero-order valence-corrected chi connectivity index (χ0v) is 11.8. The van der Waals surface area contributed by atoms with Crippen molar-refractivity contribution in [2.45, 2.75) is 76.0 Å². The fourth-order valence-electron chi connectivity index (χ4n) is 4.11. The molecule has 1 unspecified atom stereocenters. The van der Waals surface area contributed by atoms with Gasteiger partial charge in [-0.25, -0.2) is 0 Å². The van der Waals surface area contributed by atoms with Gasteiger partial charge in [0.2, 0.25) is 0 Å². The summed E-state index contributed by atoms with van der Waals surface area (Å²) in [4.78, 5) is 11.9. The first-order valence-electron chi connectivity index (χ1n) is 7.49. The second-order valence-corrected chi connectivity index (χ2v) is 7.20. The van der Waals surface area contributed by atoms with Crippen molar-refractivity contribution in [2.75, 3.05) is 0 Å². The van der Waals surface area contributed by atoms with E-state index in [9.17, 15) is 4.79 Å². The Morgan fingerprint density at radius 3 is 2.63 bits per heavy atom. The summed E-state index contributed by atoms with van der Waals surface area (Å²) in [6.07, 6.45) is 4.56. The molecule has 0 radical (unpaired) electrons. The minimum absolute atomic E-state index is 0.00123. The van der Waals surface area contributed by atoms with Gasteiger partial charge >= 0.3 is 5.97 Å². The summed E-state index contributed by atoms with van der Waals surface area (Å²) >= 11 is 0. The van der Waals surface area contributed by atoms with Crippen molar-refractivity contribution in [2.24, 2.45) is 11.8 Å². The average Bonchev–Trinajstić information content (AvgIpc) is 3.18. The predicted octanol–water partition coefficient (Wildman–Crippen LogP) is 2.05. The summed E-state index contributed by atoms with van der Waals surface area (Å²) in [7, 11) is 0. The maximum atomic E-state index is 11.9. The van der Waals surface area contributed by atoms with E-state index in [2.05, 4.69) is 13.8 Å². The van der Waals surface area contributed by atoms with E-state index in [1.807, 2.05) is 6.92 Å². The highest BCUT2D eigenvalue weighted by Crippen LogP contribution is 2.54. The van der Waals surface area contributed by atoms with Crippen molar-refractivity contribution in [1.82, 2.24) is 0 Å². The van der Waals surface area contributed by atoms with Crippen molar-refractivity contribution >= 4 is 5.97 Å². The smallest absolute Gasteiger partial charge is 0.309 e. The lowest BCUT2D eigenvalue weighted by Crippen LogP contribution is -2.31. The van der Waals surface area contributed by atoms with Crippen LogP contribution >= 0.6 is 0 Å². The third-order valence-corrected chi connectivity index (χ3v) is 5.84. The van der Waals surface area contributed by atoms with E-state index in [4.69, 9.17) is 14.2 Å². The molecule has 4 fully saturated rings. The van der Waals surface area contributed by atoms with Crippen LogP contribution in [0.25, 0.3) is 0 Å². The Labute approximate surface area is 113 Å². The number of carbonyl (C=O) groups is 1. The first kappa shape index (κ1) is 12.2. The minimum Gasteiger partial charge on any atom is -0.459 e. The van der Waals surface area contributed by atoms with E-state index in [1.165, 1.54) is 0 Å². The third-order valence-electron chi connectivity index (χ3n) is 5.84. The van der Waals surface area contributed by atoms with Gasteiger partial charge in [0.15, 0.2) is 0 Å². The van der Waals surface area contributed by atoms with Gasteiger partial charge in [0.05, 0.1) is 23.2 Å². The lowest BCUT2D eigenvalue weighted by molar-refractivity contribution is -0.144. The minimum atomic E-state index is -0.0997. The molecule has 0 aromatic heterocycles. The number of hydrogen-bond donors (Lipinski definition) is 0. The maximum absolute atomic E-state index is 11.9. The Kier molecular flexibility index (Phi) is 2.26. The topological polar surface area (TPSA) is 51.4 Å². The molecule has 0 bridgehead atoms. The summed E-state index contributed by atoms with van der Waals surface area (Å²) in [6, 6.07) is 0. The van der Waals surface area contributed by atoms with Crippen LogP contribution in [-0.2, 0) is 19.0 Å². The largest absolute Gasteiger partial charge is 0.459 e. The fourth-order valence-corrected chi connectivity index (χ4v) is 4.11. The lowest BCUT2D eigenvalue weighted by atomic mass is 9.79. The molecule has 4 rings (SSSR count). The van der Waals surface area contributed by atoms with E-state index in [0.29, 0.717) is 12.0 Å². The molecule has 0 aromatic carbocycles. The van der Waals surface area contributed by atoms with Gasteiger partial charge in [0.25, 0.3) is 0 Å². The van der Waals surface area contributed by atoms with E-state index >= 15 is 0 Å². The van der Waals surface area contributed by atoms with Crippen LogP contribution in [-0.4, -0.2) is 35.5 Å². The number of epoxide rings is 2. The molecule has 3 aliphatic heterocycles. The summed E-state index contributed by atoms with van der Waals surface area (Å²) in [5.41, 5.74) is -0.0640. The molecule has 0 aromatic rings. The molecule has 4 heteroatoms. The maximum Gasteiger partial charge on any atom is 0.309 e. The number of ether oxygens (including phenoxy) is 3. The van der Waals surface area contributed by atoms with Crippen molar-refractivity contribution in [3.8, 4) is 0 Å². The number of rotatable bonds is 0. The molecule has 4 aliphatic rings. The standard InChI is InChI=1S/C15H22O4/c1-8-9-4-6-14(2)10(18-14)5-7-15(3)12(19-15)11(9)17-13(8)16/h8-12H,4-7H2,1-3H3/t8?,9-,10-,11-,12+,14-,15+/m0/s1. The third kappa shape index (κ3) is 1.69. The van der Waals surface area contributed by atoms with Crippen LogP contribution in [0.2, 0.25) is 0 Å². The normalized spacial score (nSPS) is 59.5. The van der Waals surface area contributed by atoms with E-state index in [0.717, 1.165) is 25.7 Å². The van der Waals surface area contributed by atoms with Crippen LogP contribution in [0.1, 0.15) is 46.5 Å². The van der Waals surface area contributed by atoms with Crippen LogP contribution in [0, 0.1) is 11.8 Å². The molecule has 0 spiro atoms. The van der Waals surface area contributed by atoms with E-state index < -0.39 is 0 Å². The van der Waals surface area contributed by atoms with Gasteiger partial charge in [-0.2, -0.15) is 0 Å². The molecule has 3 heterocycles. The van der Waals surface area contributed by atoms with Crippen molar-refractivity contribution < 1.29 is 19.0 Å². The van der Waals surface area contributed by atoms with Gasteiger partial charge in [0, 0.05) is 5.92 Å². The molecule has 4 nitrogen and oxygen atoms in total. The molecule has 0 amide bonds. The number of fused-ring (bicyclic) bond motifs is 4. The SMILES string of the molecule is CC1C(=O)O[C@@H]2[C@H]3O[C@]3(C)CC[C@@H]3O[C@@]3(C)CC[C@@H]12. The first-order valence-corrected chi connectivity index (χ1v) is 7.49. The Morgan fingerprint density at radius 1 is 1.11 bits per heavy atom. The van der Waals surface area contributed by atoms with E-state index in [-0.39, 0.29) is 35.3 Å². The predicted molar refractivity (Wildman–Crippen MR) is 67.6 cm³/mol. The quantitative estimate of drug-likeness (QED) is 0.497. The zero-order valence-electron chi connectivity index (χ0n) is 11.8. The highest BCUT2D eigenvalue weighted by Gasteiger charge is 2.64. The molecule has 7 atom stereocenters. The first-order chi connectivity index (χ1) is 8.93. The Bertz CT molecular complexity index is 436. The summed E-state index contributed by atoms with van der Waals surface area (Å²) < 4.78 is 17.4. The van der Waals surface area contributed by atoms with Gasteiger partial charge < -0.3 is 14.2 Å². The average molecular weight is 266 g/mol. The van der Waals surface area contributed by atoms with Crippen LogP contribution in [0.4, 0.5) is 0 Å². The molecule has 19 heavy (non-hydrogen) atoms. The molecule has 106 valence electrons. The van der Waals surface area contributed by atoms with Crippen molar-refractivity contribution in [3.63, 3.8) is 0 Å².